The van der Waals surface area contributed by atoms with Gasteiger partial charge in [0.25, 0.3) is 5.91 Å². The molecule has 1 aliphatic heterocycles. The predicted octanol–water partition coefficient (Wildman–Crippen LogP) is 4.06. The van der Waals surface area contributed by atoms with Crippen LogP contribution in [0.15, 0.2) is 46.4 Å². The van der Waals surface area contributed by atoms with Crippen LogP contribution in [-0.2, 0) is 14.3 Å². The molecule has 0 aliphatic carbocycles. The van der Waals surface area contributed by atoms with Gasteiger partial charge in [-0.2, -0.15) is 0 Å². The average Bonchev–Trinajstić information content (AvgIpc) is 3.28. The van der Waals surface area contributed by atoms with Crippen molar-refractivity contribution in [3.05, 3.63) is 51.3 Å². The summed E-state index contributed by atoms with van der Waals surface area (Å²) in [6.07, 6.45) is 1.72. The maximum atomic E-state index is 13.0. The normalized spacial score (nSPS) is 15.2. The van der Waals surface area contributed by atoms with E-state index >= 15 is 0 Å². The SMILES string of the molecule is COC(=O)CSC1=NC(=Cc2cccs2)C(=O)N1c1ccc(OC)c(Cl)c1. The maximum absolute atomic E-state index is 13.0. The molecule has 0 N–H and O–H groups in total. The van der Waals surface area contributed by atoms with E-state index in [9.17, 15) is 9.59 Å². The molecule has 27 heavy (non-hydrogen) atoms. The van der Waals surface area contributed by atoms with Gasteiger partial charge in [-0.3, -0.25) is 14.5 Å². The average molecular weight is 423 g/mol. The fourth-order valence-electron chi connectivity index (χ4n) is 2.31. The number of hydrogen-bond acceptors (Lipinski definition) is 7. The number of nitrogens with zero attached hydrogens (tertiary/aromatic N) is 2. The summed E-state index contributed by atoms with van der Waals surface area (Å²) >= 11 is 8.84. The second kappa shape index (κ2) is 8.60. The number of amidine groups is 1. The van der Waals surface area contributed by atoms with Gasteiger partial charge in [0.15, 0.2) is 5.17 Å². The highest BCUT2D eigenvalue weighted by atomic mass is 35.5. The molecule has 2 heterocycles. The Balaban J connectivity index is 1.96. The van der Waals surface area contributed by atoms with Crippen LogP contribution in [0, 0.1) is 0 Å². The van der Waals surface area contributed by atoms with Crippen LogP contribution < -0.4 is 9.64 Å². The molecule has 0 radical (unpaired) electrons. The second-order valence-electron chi connectivity index (χ2n) is 5.26. The van der Waals surface area contributed by atoms with Gasteiger partial charge in [0.2, 0.25) is 0 Å². The van der Waals surface area contributed by atoms with E-state index in [2.05, 4.69) is 9.73 Å². The third-order valence-electron chi connectivity index (χ3n) is 3.59. The lowest BCUT2D eigenvalue weighted by Crippen LogP contribution is -2.30. The summed E-state index contributed by atoms with van der Waals surface area (Å²) < 4.78 is 9.83. The predicted molar refractivity (Wildman–Crippen MR) is 110 cm³/mol. The Kier molecular flexibility index (Phi) is 6.20. The quantitative estimate of drug-likeness (QED) is 0.537. The Morgan fingerprint density at radius 2 is 2.19 bits per heavy atom. The molecule has 1 aromatic heterocycles. The minimum absolute atomic E-state index is 0.0370. The van der Waals surface area contributed by atoms with Crippen LogP contribution in [0.2, 0.25) is 5.02 Å². The first kappa shape index (κ1) is 19.5. The van der Waals surface area contributed by atoms with Gasteiger partial charge in [0, 0.05) is 4.88 Å². The monoisotopic (exact) mass is 422 g/mol. The summed E-state index contributed by atoms with van der Waals surface area (Å²) in [4.78, 5) is 31.2. The lowest BCUT2D eigenvalue weighted by atomic mass is 10.2. The highest BCUT2D eigenvalue weighted by molar-refractivity contribution is 8.14. The van der Waals surface area contributed by atoms with Gasteiger partial charge in [0.05, 0.1) is 30.7 Å². The minimum Gasteiger partial charge on any atom is -0.495 e. The maximum Gasteiger partial charge on any atom is 0.316 e. The number of thioether (sulfide) groups is 1. The van der Waals surface area contributed by atoms with Gasteiger partial charge in [-0.05, 0) is 35.7 Å². The van der Waals surface area contributed by atoms with E-state index in [-0.39, 0.29) is 17.4 Å². The largest absolute Gasteiger partial charge is 0.495 e. The first-order chi connectivity index (χ1) is 13.0. The van der Waals surface area contributed by atoms with E-state index in [4.69, 9.17) is 16.3 Å². The number of amides is 1. The Morgan fingerprint density at radius 3 is 2.81 bits per heavy atom. The van der Waals surface area contributed by atoms with E-state index < -0.39 is 5.97 Å². The van der Waals surface area contributed by atoms with Crippen LogP contribution in [0.4, 0.5) is 5.69 Å². The molecule has 0 atom stereocenters. The van der Waals surface area contributed by atoms with Crippen LogP contribution >= 0.6 is 34.7 Å². The van der Waals surface area contributed by atoms with Crippen molar-refractivity contribution < 1.29 is 19.1 Å². The molecule has 2 aromatic rings. The lowest BCUT2D eigenvalue weighted by molar-refractivity contribution is -0.137. The van der Waals surface area contributed by atoms with E-state index in [0.717, 1.165) is 16.6 Å². The molecule has 1 aliphatic rings. The van der Waals surface area contributed by atoms with E-state index in [1.54, 1.807) is 24.3 Å². The number of benzene rings is 1. The number of anilines is 1. The van der Waals surface area contributed by atoms with E-state index in [0.29, 0.717) is 21.6 Å². The number of carbonyl (C=O) groups excluding carboxylic acids is 2. The van der Waals surface area contributed by atoms with Gasteiger partial charge < -0.3 is 9.47 Å². The molecule has 0 saturated heterocycles. The Labute approximate surface area is 169 Å². The fourth-order valence-corrected chi connectivity index (χ4v) is 4.05. The smallest absolute Gasteiger partial charge is 0.316 e. The van der Waals surface area contributed by atoms with Crippen LogP contribution in [0.25, 0.3) is 6.08 Å². The van der Waals surface area contributed by atoms with Gasteiger partial charge in [-0.15, -0.1) is 11.3 Å². The number of thiophene rings is 1. The number of carbonyl (C=O) groups is 2. The standard InChI is InChI=1S/C18H15ClN2O4S2/c1-24-15-6-5-11(8-13(15)19)21-17(23)14(9-12-4-3-7-26-12)20-18(21)27-10-16(22)25-2/h3-9H,10H2,1-2H3. The van der Waals surface area contributed by atoms with Crippen LogP contribution in [-0.4, -0.2) is 37.0 Å². The topological polar surface area (TPSA) is 68.2 Å². The van der Waals surface area contributed by atoms with Gasteiger partial charge in [-0.1, -0.05) is 29.4 Å². The van der Waals surface area contributed by atoms with E-state index in [1.807, 2.05) is 17.5 Å². The zero-order valence-electron chi connectivity index (χ0n) is 14.5. The number of methoxy groups -OCH3 is 2. The van der Waals surface area contributed by atoms with Crippen molar-refractivity contribution in [2.24, 2.45) is 4.99 Å². The number of ether oxygens (including phenoxy) is 2. The number of esters is 1. The van der Waals surface area contributed by atoms with Crippen molar-refractivity contribution >= 4 is 63.5 Å². The number of halogens is 1. The van der Waals surface area contributed by atoms with Gasteiger partial charge in [-0.25, -0.2) is 4.99 Å². The molecule has 0 fully saturated rings. The second-order valence-corrected chi connectivity index (χ2v) is 7.59. The lowest BCUT2D eigenvalue weighted by Gasteiger charge is -2.18. The Bertz CT molecular complexity index is 925. The third kappa shape index (κ3) is 4.35. The van der Waals surface area contributed by atoms with Crippen molar-refractivity contribution in [1.82, 2.24) is 0 Å². The van der Waals surface area contributed by atoms with Crippen molar-refractivity contribution in [3.63, 3.8) is 0 Å². The zero-order valence-corrected chi connectivity index (χ0v) is 16.9. The zero-order chi connectivity index (χ0) is 19.4. The highest BCUT2D eigenvalue weighted by Gasteiger charge is 2.33. The highest BCUT2D eigenvalue weighted by Crippen LogP contribution is 2.34. The number of hydrogen-bond donors (Lipinski definition) is 0. The van der Waals surface area contributed by atoms with Crippen molar-refractivity contribution in [3.8, 4) is 5.75 Å². The third-order valence-corrected chi connectivity index (χ3v) is 5.62. The van der Waals surface area contributed by atoms with Gasteiger partial charge in [0.1, 0.15) is 11.4 Å². The van der Waals surface area contributed by atoms with E-state index in [1.165, 1.54) is 30.5 Å². The van der Waals surface area contributed by atoms with Crippen molar-refractivity contribution in [2.45, 2.75) is 0 Å². The first-order valence-corrected chi connectivity index (χ1v) is 9.99. The molecule has 9 heteroatoms. The Morgan fingerprint density at radius 1 is 1.37 bits per heavy atom. The summed E-state index contributed by atoms with van der Waals surface area (Å²) in [5.74, 6) is -0.160. The molecule has 0 saturated carbocycles. The molecule has 0 bridgehead atoms. The van der Waals surface area contributed by atoms with Crippen LogP contribution in [0.3, 0.4) is 0 Å². The summed E-state index contributed by atoms with van der Waals surface area (Å²) in [5.41, 5.74) is 0.827. The fraction of sp³-hybridized carbons (Fsp3) is 0.167. The van der Waals surface area contributed by atoms with Gasteiger partial charge >= 0.3 is 5.97 Å². The van der Waals surface area contributed by atoms with Crippen molar-refractivity contribution in [1.29, 1.82) is 0 Å². The number of aliphatic imine (C=N–C) groups is 1. The van der Waals surface area contributed by atoms with Crippen LogP contribution in [0.1, 0.15) is 4.88 Å². The summed E-state index contributed by atoms with van der Waals surface area (Å²) in [7, 11) is 2.83. The summed E-state index contributed by atoms with van der Waals surface area (Å²) in [6.45, 7) is 0. The molecular weight excluding hydrogens is 408 g/mol. The summed E-state index contributed by atoms with van der Waals surface area (Å²) in [5, 5.41) is 2.67. The van der Waals surface area contributed by atoms with Crippen LogP contribution in [0.5, 0.6) is 5.75 Å². The summed E-state index contributed by atoms with van der Waals surface area (Å²) in [6, 6.07) is 8.81. The molecule has 0 spiro atoms. The molecule has 3 rings (SSSR count). The molecular formula is C18H15ClN2O4S2. The molecule has 1 aromatic carbocycles. The number of rotatable bonds is 5. The van der Waals surface area contributed by atoms with Crippen molar-refractivity contribution in [2.75, 3.05) is 24.9 Å². The minimum atomic E-state index is -0.404. The first-order valence-electron chi connectivity index (χ1n) is 7.75. The molecule has 1 amide bonds. The molecule has 140 valence electrons. The molecule has 0 unspecified atom stereocenters. The molecule has 6 nitrogen and oxygen atoms in total. The Hall–Kier alpha value is -2.29.